The fourth-order valence-electron chi connectivity index (χ4n) is 1.42. The van der Waals surface area contributed by atoms with Gasteiger partial charge in [0.05, 0.1) is 13.3 Å². The number of nitrogens with zero attached hydrogens (tertiary/aromatic N) is 2. The molecule has 0 aliphatic carbocycles. The zero-order valence-corrected chi connectivity index (χ0v) is 10.7. The van der Waals surface area contributed by atoms with Gasteiger partial charge in [-0.2, -0.15) is 4.98 Å². The largest absolute Gasteiger partial charge is 0.491 e. The van der Waals surface area contributed by atoms with Crippen molar-refractivity contribution in [3.05, 3.63) is 11.5 Å². The molecule has 0 bridgehead atoms. The summed E-state index contributed by atoms with van der Waals surface area (Å²) in [5.41, 5.74) is 0. The summed E-state index contributed by atoms with van der Waals surface area (Å²) in [6.07, 6.45) is 5.05. The molecule has 4 nitrogen and oxygen atoms in total. The molecule has 0 fully saturated rings. The third-order valence-electron chi connectivity index (χ3n) is 2.32. The Morgan fingerprint density at radius 2 is 2.31 bits per heavy atom. The van der Waals surface area contributed by atoms with Crippen LogP contribution in [-0.4, -0.2) is 23.1 Å². The predicted molar refractivity (Wildman–Crippen MR) is 66.2 cm³/mol. The lowest BCUT2D eigenvalue weighted by molar-refractivity contribution is 0.412. The fourth-order valence-corrected chi connectivity index (χ4v) is 1.55. The first kappa shape index (κ1) is 13.0. The Morgan fingerprint density at radius 1 is 1.56 bits per heavy atom. The van der Waals surface area contributed by atoms with Crippen LogP contribution in [0, 0.1) is 0 Å². The average molecular weight is 244 g/mol. The van der Waals surface area contributed by atoms with E-state index < -0.39 is 0 Å². The van der Waals surface area contributed by atoms with Crippen molar-refractivity contribution in [1.82, 2.24) is 9.97 Å². The molecule has 90 valence electrons. The molecular formula is C11H18ClN3O. The summed E-state index contributed by atoms with van der Waals surface area (Å²) >= 11 is 5.74. The molecule has 1 atom stereocenters. The van der Waals surface area contributed by atoms with E-state index in [9.17, 15) is 0 Å². The van der Waals surface area contributed by atoms with Crippen LogP contribution in [-0.2, 0) is 0 Å². The minimum atomic E-state index is 0.228. The van der Waals surface area contributed by atoms with Gasteiger partial charge in [-0.05, 0) is 24.9 Å². The van der Waals surface area contributed by atoms with Gasteiger partial charge in [0, 0.05) is 6.04 Å². The molecule has 1 unspecified atom stereocenters. The standard InChI is InChI=1S/C11H18ClN3O/c1-4-5-6-8(2)14-10-9(16-3)7-13-11(12)15-10/h7-8H,4-6H2,1-3H3,(H,13,14,15). The molecule has 1 rings (SSSR count). The van der Waals surface area contributed by atoms with E-state index in [1.54, 1.807) is 13.3 Å². The molecule has 0 amide bonds. The summed E-state index contributed by atoms with van der Waals surface area (Å²) in [5.74, 6) is 1.28. The SMILES string of the molecule is CCCCC(C)Nc1nc(Cl)ncc1OC. The molecule has 5 heteroatoms. The second-order valence-electron chi connectivity index (χ2n) is 3.74. The lowest BCUT2D eigenvalue weighted by Crippen LogP contribution is -2.16. The molecule has 0 saturated carbocycles. The number of hydrogen-bond donors (Lipinski definition) is 1. The van der Waals surface area contributed by atoms with Crippen LogP contribution in [0.5, 0.6) is 5.75 Å². The van der Waals surface area contributed by atoms with Crippen LogP contribution in [0.15, 0.2) is 6.20 Å². The first-order valence-electron chi connectivity index (χ1n) is 5.50. The molecule has 16 heavy (non-hydrogen) atoms. The fraction of sp³-hybridized carbons (Fsp3) is 0.636. The van der Waals surface area contributed by atoms with E-state index in [2.05, 4.69) is 29.1 Å². The van der Waals surface area contributed by atoms with E-state index in [0.29, 0.717) is 17.6 Å². The highest BCUT2D eigenvalue weighted by molar-refractivity contribution is 6.28. The molecule has 1 N–H and O–H groups in total. The van der Waals surface area contributed by atoms with Crippen molar-refractivity contribution in [3.63, 3.8) is 0 Å². The first-order valence-corrected chi connectivity index (χ1v) is 5.88. The van der Waals surface area contributed by atoms with Gasteiger partial charge >= 0.3 is 0 Å². The molecule has 1 heterocycles. The number of methoxy groups -OCH3 is 1. The van der Waals surface area contributed by atoms with Gasteiger partial charge in [-0.15, -0.1) is 0 Å². The second-order valence-corrected chi connectivity index (χ2v) is 4.08. The van der Waals surface area contributed by atoms with Crippen molar-refractivity contribution in [2.24, 2.45) is 0 Å². The van der Waals surface area contributed by atoms with Crippen LogP contribution in [0.4, 0.5) is 5.82 Å². The van der Waals surface area contributed by atoms with E-state index in [0.717, 1.165) is 6.42 Å². The van der Waals surface area contributed by atoms with Gasteiger partial charge in [0.1, 0.15) is 0 Å². The van der Waals surface area contributed by atoms with Crippen molar-refractivity contribution in [1.29, 1.82) is 0 Å². The molecule has 1 aromatic heterocycles. The zero-order chi connectivity index (χ0) is 12.0. The minimum absolute atomic E-state index is 0.228. The zero-order valence-electron chi connectivity index (χ0n) is 9.96. The highest BCUT2D eigenvalue weighted by atomic mass is 35.5. The third kappa shape index (κ3) is 3.85. The maximum Gasteiger partial charge on any atom is 0.224 e. The van der Waals surface area contributed by atoms with Gasteiger partial charge in [-0.1, -0.05) is 19.8 Å². The van der Waals surface area contributed by atoms with Crippen LogP contribution in [0.25, 0.3) is 0 Å². The summed E-state index contributed by atoms with van der Waals surface area (Å²) < 4.78 is 5.16. The molecule has 0 spiro atoms. The number of ether oxygens (including phenoxy) is 1. The first-order chi connectivity index (χ1) is 7.67. The number of aromatic nitrogens is 2. The average Bonchev–Trinajstić information content (AvgIpc) is 2.27. The predicted octanol–water partition coefficient (Wildman–Crippen LogP) is 3.13. The van der Waals surface area contributed by atoms with Gasteiger partial charge in [0.2, 0.25) is 5.28 Å². The van der Waals surface area contributed by atoms with Gasteiger partial charge in [-0.3, -0.25) is 0 Å². The maximum atomic E-state index is 5.74. The van der Waals surface area contributed by atoms with Crippen LogP contribution in [0.1, 0.15) is 33.1 Å². The Kier molecular flexibility index (Phi) is 5.32. The number of nitrogens with one attached hydrogen (secondary N) is 1. The summed E-state index contributed by atoms with van der Waals surface area (Å²) in [7, 11) is 1.59. The van der Waals surface area contributed by atoms with Crippen molar-refractivity contribution in [2.75, 3.05) is 12.4 Å². The molecule has 0 radical (unpaired) electrons. The van der Waals surface area contributed by atoms with Crippen LogP contribution < -0.4 is 10.1 Å². The van der Waals surface area contributed by atoms with Crippen LogP contribution >= 0.6 is 11.6 Å². The quantitative estimate of drug-likeness (QED) is 0.780. The van der Waals surface area contributed by atoms with E-state index in [1.807, 2.05) is 0 Å². The summed E-state index contributed by atoms with van der Waals surface area (Å²) in [6.45, 7) is 4.29. The normalized spacial score (nSPS) is 12.2. The van der Waals surface area contributed by atoms with Crippen molar-refractivity contribution in [3.8, 4) is 5.75 Å². The van der Waals surface area contributed by atoms with E-state index in [-0.39, 0.29) is 5.28 Å². The van der Waals surface area contributed by atoms with Crippen LogP contribution in [0.2, 0.25) is 5.28 Å². The van der Waals surface area contributed by atoms with Crippen LogP contribution in [0.3, 0.4) is 0 Å². The Bertz CT molecular complexity index is 333. The molecular weight excluding hydrogens is 226 g/mol. The number of rotatable bonds is 6. The lowest BCUT2D eigenvalue weighted by atomic mass is 10.1. The summed E-state index contributed by atoms with van der Waals surface area (Å²) in [4.78, 5) is 7.98. The monoisotopic (exact) mass is 243 g/mol. The van der Waals surface area contributed by atoms with Gasteiger partial charge < -0.3 is 10.1 Å². The topological polar surface area (TPSA) is 47.0 Å². The Hall–Kier alpha value is -1.03. The van der Waals surface area contributed by atoms with E-state index in [4.69, 9.17) is 16.3 Å². The molecule has 0 aliphatic rings. The van der Waals surface area contributed by atoms with Gasteiger partial charge in [0.15, 0.2) is 11.6 Å². The molecule has 1 aromatic rings. The van der Waals surface area contributed by atoms with Gasteiger partial charge in [0.25, 0.3) is 0 Å². The molecule has 0 aliphatic heterocycles. The third-order valence-corrected chi connectivity index (χ3v) is 2.50. The summed E-state index contributed by atoms with van der Waals surface area (Å²) in [6, 6.07) is 0.347. The van der Waals surface area contributed by atoms with Crippen molar-refractivity contribution in [2.45, 2.75) is 39.2 Å². The Balaban J connectivity index is 2.67. The maximum absolute atomic E-state index is 5.74. The van der Waals surface area contributed by atoms with Crippen molar-refractivity contribution >= 4 is 17.4 Å². The molecule has 0 saturated heterocycles. The highest BCUT2D eigenvalue weighted by Gasteiger charge is 2.09. The number of anilines is 1. The lowest BCUT2D eigenvalue weighted by Gasteiger charge is -2.15. The molecule has 0 aromatic carbocycles. The number of unbranched alkanes of at least 4 members (excludes halogenated alkanes) is 1. The highest BCUT2D eigenvalue weighted by Crippen LogP contribution is 2.23. The Labute approximate surface area is 101 Å². The summed E-state index contributed by atoms with van der Waals surface area (Å²) in [5, 5.41) is 3.50. The Morgan fingerprint density at radius 3 is 2.94 bits per heavy atom. The van der Waals surface area contributed by atoms with Gasteiger partial charge in [-0.25, -0.2) is 4.98 Å². The smallest absolute Gasteiger partial charge is 0.224 e. The van der Waals surface area contributed by atoms with E-state index in [1.165, 1.54) is 12.8 Å². The van der Waals surface area contributed by atoms with Crippen molar-refractivity contribution < 1.29 is 4.74 Å². The number of halogens is 1. The van der Waals surface area contributed by atoms with E-state index >= 15 is 0 Å². The minimum Gasteiger partial charge on any atom is -0.491 e. The second kappa shape index (κ2) is 6.53. The number of hydrogen-bond acceptors (Lipinski definition) is 4.